The van der Waals surface area contributed by atoms with E-state index in [0.29, 0.717) is 17.6 Å². The molecular weight excluding hydrogens is 398 g/mol. The van der Waals surface area contributed by atoms with Crippen LogP contribution in [0.15, 0.2) is 29.5 Å². The van der Waals surface area contributed by atoms with E-state index in [1.165, 1.54) is 96.3 Å². The van der Waals surface area contributed by atoms with Gasteiger partial charge in [0.2, 0.25) is 5.84 Å². The average Bonchev–Trinajstić information content (AvgIpc) is 3.14. The Morgan fingerprint density at radius 2 is 1.41 bits per heavy atom. The van der Waals surface area contributed by atoms with Crippen LogP contribution < -0.4 is 5.73 Å². The van der Waals surface area contributed by atoms with Gasteiger partial charge in [0.1, 0.15) is 12.7 Å². The Bertz CT molecular complexity index is 571. The van der Waals surface area contributed by atoms with Gasteiger partial charge < -0.3 is 10.8 Å². The van der Waals surface area contributed by atoms with Crippen LogP contribution in [0.2, 0.25) is 0 Å². The molecule has 0 aromatic carbocycles. The van der Waals surface area contributed by atoms with Crippen molar-refractivity contribution in [1.82, 2.24) is 0 Å². The second-order valence-corrected chi connectivity index (χ2v) is 9.35. The van der Waals surface area contributed by atoms with Crippen LogP contribution in [0.4, 0.5) is 0 Å². The highest BCUT2D eigenvalue weighted by molar-refractivity contribution is 5.81. The average molecular weight is 449 g/mol. The minimum Gasteiger partial charge on any atom is -0.477 e. The minimum absolute atomic E-state index is 0.0450. The number of nitrogens with zero attached hydrogens (tertiary/aromatic N) is 2. The number of hydrogen-bond donors (Lipinski definition) is 2. The van der Waals surface area contributed by atoms with E-state index in [4.69, 9.17) is 5.73 Å². The van der Waals surface area contributed by atoms with Crippen molar-refractivity contribution in [3.63, 3.8) is 0 Å². The maximum absolute atomic E-state index is 11.3. The van der Waals surface area contributed by atoms with Crippen LogP contribution in [0.5, 0.6) is 0 Å². The molecule has 184 valence electrons. The van der Waals surface area contributed by atoms with Gasteiger partial charge in [-0.3, -0.25) is 0 Å². The highest BCUT2D eigenvalue weighted by Crippen LogP contribution is 2.21. The molecule has 0 radical (unpaired) electrons. The van der Waals surface area contributed by atoms with E-state index < -0.39 is 5.97 Å². The number of quaternary nitrogens is 1. The molecule has 0 fully saturated rings. The van der Waals surface area contributed by atoms with Gasteiger partial charge in [0.05, 0.1) is 6.20 Å². The number of carboxylic acids is 1. The van der Waals surface area contributed by atoms with Gasteiger partial charge >= 0.3 is 5.97 Å². The first-order valence-electron chi connectivity index (χ1n) is 13.3. The first-order valence-corrected chi connectivity index (χ1v) is 13.3. The molecule has 1 aliphatic rings. The van der Waals surface area contributed by atoms with Gasteiger partial charge in [-0.2, -0.15) is 0 Å². The predicted octanol–water partition coefficient (Wildman–Crippen LogP) is 6.94. The molecule has 0 bridgehead atoms. The summed E-state index contributed by atoms with van der Waals surface area (Å²) in [6.45, 7) is 3.22. The molecule has 1 unspecified atom stereocenters. The third-order valence-electron chi connectivity index (χ3n) is 6.54. The molecule has 32 heavy (non-hydrogen) atoms. The van der Waals surface area contributed by atoms with E-state index in [1.807, 2.05) is 6.20 Å². The van der Waals surface area contributed by atoms with Gasteiger partial charge in [0, 0.05) is 13.0 Å². The second-order valence-electron chi connectivity index (χ2n) is 9.35. The lowest BCUT2D eigenvalue weighted by molar-refractivity contribution is -0.778. The monoisotopic (exact) mass is 448 g/mol. The molecule has 3 N–H and O–H groups in total. The molecule has 0 saturated carbocycles. The second kappa shape index (κ2) is 19.0. The van der Waals surface area contributed by atoms with Crippen molar-refractivity contribution in [1.29, 1.82) is 0 Å². The van der Waals surface area contributed by atoms with Crippen LogP contribution in [0.25, 0.3) is 0 Å². The molecule has 0 aliphatic carbocycles. The predicted molar refractivity (Wildman–Crippen MR) is 137 cm³/mol. The van der Waals surface area contributed by atoms with E-state index >= 15 is 0 Å². The number of carbonyl (C=O) groups is 1. The molecule has 1 aliphatic heterocycles. The van der Waals surface area contributed by atoms with Gasteiger partial charge in [-0.15, -0.1) is 0 Å². The molecule has 0 spiro atoms. The van der Waals surface area contributed by atoms with E-state index in [9.17, 15) is 9.90 Å². The van der Waals surface area contributed by atoms with Crippen LogP contribution in [0, 0.1) is 0 Å². The van der Waals surface area contributed by atoms with Gasteiger partial charge in [0.15, 0.2) is 6.54 Å². The molecule has 5 nitrogen and oxygen atoms in total. The number of hydrogen-bond acceptors (Lipinski definition) is 3. The fourth-order valence-electron chi connectivity index (χ4n) is 4.64. The zero-order valence-electron chi connectivity index (χ0n) is 20.8. The van der Waals surface area contributed by atoms with Crippen LogP contribution in [0.1, 0.15) is 116 Å². The number of allylic oxidation sites excluding steroid dienone is 2. The Morgan fingerprint density at radius 1 is 0.906 bits per heavy atom. The lowest BCUT2D eigenvalue weighted by atomic mass is 10.0. The van der Waals surface area contributed by atoms with E-state index in [-0.39, 0.29) is 6.54 Å². The third kappa shape index (κ3) is 13.2. The molecule has 5 heteroatoms. The molecule has 0 amide bonds. The smallest absolute Gasteiger partial charge is 0.360 e. The number of nitrogens with two attached hydrogens (primary N) is 1. The fourth-order valence-corrected chi connectivity index (χ4v) is 4.64. The summed E-state index contributed by atoms with van der Waals surface area (Å²) in [5, 5.41) is 9.26. The van der Waals surface area contributed by atoms with Gasteiger partial charge in [-0.05, 0) is 26.2 Å². The number of rotatable bonds is 22. The van der Waals surface area contributed by atoms with Gasteiger partial charge in [0.25, 0.3) is 0 Å². The van der Waals surface area contributed by atoms with Crippen molar-refractivity contribution < 1.29 is 14.4 Å². The Hall–Kier alpha value is -1.46. The summed E-state index contributed by atoms with van der Waals surface area (Å²) >= 11 is 0. The van der Waals surface area contributed by atoms with Crippen LogP contribution in [-0.2, 0) is 4.79 Å². The summed E-state index contributed by atoms with van der Waals surface area (Å²) < 4.78 is 0.308. The minimum atomic E-state index is -0.798. The highest BCUT2D eigenvalue weighted by atomic mass is 16.4. The molecular formula is C27H50N3O2+. The van der Waals surface area contributed by atoms with Gasteiger partial charge in [-0.1, -0.05) is 95.6 Å². The normalized spacial score (nSPS) is 18.0. The quantitative estimate of drug-likeness (QED) is 0.107. The summed E-state index contributed by atoms with van der Waals surface area (Å²) in [7, 11) is 0. The van der Waals surface area contributed by atoms with Crippen LogP contribution >= 0.6 is 0 Å². The number of amidine groups is 1. The van der Waals surface area contributed by atoms with E-state index in [0.717, 1.165) is 18.7 Å². The van der Waals surface area contributed by atoms with Gasteiger partial charge in [-0.25, -0.2) is 14.3 Å². The van der Waals surface area contributed by atoms with Crippen LogP contribution in [0.3, 0.4) is 0 Å². The van der Waals surface area contributed by atoms with Crippen molar-refractivity contribution in [3.05, 3.63) is 24.6 Å². The van der Waals surface area contributed by atoms with Crippen molar-refractivity contribution in [2.24, 2.45) is 10.7 Å². The maximum Gasteiger partial charge on any atom is 0.360 e. The summed E-state index contributed by atoms with van der Waals surface area (Å²) in [6, 6.07) is 0. The standard InChI is InChI=1S/C27H49N3O2/c1-2-3-4-5-6-7-8-9-10-11-12-13-14-15-16-17-18-19-20-26-29-22-24-30(26,23-21-28)25-27(31)32/h2-3,22,24H,4-21,23,25,28H2,1H3/p+1/b3-2+. The van der Waals surface area contributed by atoms with E-state index in [2.05, 4.69) is 24.1 Å². The largest absolute Gasteiger partial charge is 0.477 e. The Balaban J connectivity index is 1.91. The number of aliphatic carboxylic acids is 1. The first kappa shape index (κ1) is 28.6. The molecule has 0 saturated heterocycles. The third-order valence-corrected chi connectivity index (χ3v) is 6.54. The molecule has 1 rings (SSSR count). The molecule has 1 heterocycles. The zero-order chi connectivity index (χ0) is 23.3. The van der Waals surface area contributed by atoms with Crippen molar-refractivity contribution in [2.45, 2.75) is 116 Å². The van der Waals surface area contributed by atoms with Crippen LogP contribution in [-0.4, -0.2) is 41.0 Å². The summed E-state index contributed by atoms with van der Waals surface area (Å²) in [5.41, 5.74) is 5.73. The number of unbranched alkanes of at least 4 members (excludes halogenated alkanes) is 15. The topological polar surface area (TPSA) is 75.7 Å². The van der Waals surface area contributed by atoms with E-state index in [1.54, 1.807) is 6.20 Å². The summed E-state index contributed by atoms with van der Waals surface area (Å²) in [5.74, 6) is 0.167. The highest BCUT2D eigenvalue weighted by Gasteiger charge is 2.36. The Morgan fingerprint density at radius 3 is 1.88 bits per heavy atom. The fraction of sp³-hybridized carbons (Fsp3) is 0.778. The van der Waals surface area contributed by atoms with Crippen molar-refractivity contribution >= 4 is 11.8 Å². The first-order chi connectivity index (χ1) is 15.6. The Labute approximate surface area is 197 Å². The summed E-state index contributed by atoms with van der Waals surface area (Å²) in [4.78, 5) is 15.7. The van der Waals surface area contributed by atoms with Crippen molar-refractivity contribution in [2.75, 3.05) is 19.6 Å². The zero-order valence-corrected chi connectivity index (χ0v) is 20.8. The molecule has 0 aromatic rings. The lowest BCUT2D eigenvalue weighted by Crippen LogP contribution is -2.52. The SMILES string of the molecule is C/C=C/CCCCCCCCCCCCCCCCCC1=NC=C[N+]1(CCN)CC(=O)O. The number of aliphatic imine (C=N–C) groups is 1. The molecule has 1 atom stereocenters. The number of carboxylic acid groups (broad SMARTS) is 1. The lowest BCUT2D eigenvalue weighted by Gasteiger charge is -2.30. The van der Waals surface area contributed by atoms with Crippen molar-refractivity contribution in [3.8, 4) is 0 Å². The summed E-state index contributed by atoms with van der Waals surface area (Å²) in [6.07, 6.45) is 30.4. The molecule has 0 aromatic heterocycles. The Kier molecular flexibility index (Phi) is 17.0. The maximum atomic E-state index is 11.3.